The van der Waals surface area contributed by atoms with E-state index in [-0.39, 0.29) is 23.9 Å². The summed E-state index contributed by atoms with van der Waals surface area (Å²) >= 11 is 0. The van der Waals surface area contributed by atoms with Crippen molar-refractivity contribution in [1.29, 1.82) is 0 Å². The van der Waals surface area contributed by atoms with Gasteiger partial charge >= 0.3 is 0 Å². The maximum absolute atomic E-state index is 12.7. The van der Waals surface area contributed by atoms with Crippen molar-refractivity contribution in [1.82, 2.24) is 24.0 Å². The molecule has 144 valence electrons. The van der Waals surface area contributed by atoms with Gasteiger partial charge in [0.2, 0.25) is 5.91 Å². The molecular formula is C21H23N5O2. The molecule has 1 aliphatic heterocycles. The van der Waals surface area contributed by atoms with E-state index in [0.717, 1.165) is 30.9 Å². The number of carbonyl (C=O) groups excluding carboxylic acids is 1. The summed E-state index contributed by atoms with van der Waals surface area (Å²) in [5.74, 6) is 1.14. The number of amides is 1. The molecule has 0 spiro atoms. The monoisotopic (exact) mass is 377 g/mol. The summed E-state index contributed by atoms with van der Waals surface area (Å²) in [5, 5.41) is 0. The Morgan fingerprint density at radius 2 is 1.93 bits per heavy atom. The van der Waals surface area contributed by atoms with Gasteiger partial charge < -0.3 is 14.0 Å². The second-order valence-electron chi connectivity index (χ2n) is 7.08. The molecule has 0 N–H and O–H groups in total. The number of hydrogen-bond acceptors (Lipinski definition) is 4. The van der Waals surface area contributed by atoms with Crippen LogP contribution in [-0.4, -0.2) is 43.0 Å². The predicted molar refractivity (Wildman–Crippen MR) is 105 cm³/mol. The van der Waals surface area contributed by atoms with Crippen molar-refractivity contribution in [2.45, 2.75) is 31.8 Å². The number of carbonyl (C=O) groups is 1. The smallest absolute Gasteiger partial charge is 0.250 e. The van der Waals surface area contributed by atoms with Gasteiger partial charge in [-0.2, -0.15) is 0 Å². The van der Waals surface area contributed by atoms with Crippen LogP contribution < -0.4 is 5.56 Å². The van der Waals surface area contributed by atoms with E-state index in [0.29, 0.717) is 13.1 Å². The number of pyridine rings is 2. The van der Waals surface area contributed by atoms with Crippen molar-refractivity contribution in [2.75, 3.05) is 13.1 Å². The highest BCUT2D eigenvalue weighted by atomic mass is 16.2. The summed E-state index contributed by atoms with van der Waals surface area (Å²) in [6.07, 6.45) is 9.14. The fourth-order valence-corrected chi connectivity index (χ4v) is 3.73. The lowest BCUT2D eigenvalue weighted by molar-refractivity contribution is -0.133. The first-order valence-corrected chi connectivity index (χ1v) is 9.55. The van der Waals surface area contributed by atoms with E-state index in [1.807, 2.05) is 35.5 Å². The van der Waals surface area contributed by atoms with Crippen LogP contribution in [-0.2, 0) is 17.9 Å². The lowest BCUT2D eigenvalue weighted by atomic mass is 9.97. The fourth-order valence-electron chi connectivity index (χ4n) is 3.73. The molecule has 0 bridgehead atoms. The summed E-state index contributed by atoms with van der Waals surface area (Å²) in [6.45, 7) is 2.09. The highest BCUT2D eigenvalue weighted by Crippen LogP contribution is 2.26. The summed E-state index contributed by atoms with van der Waals surface area (Å²) in [6, 6.07) is 10.8. The zero-order chi connectivity index (χ0) is 19.3. The lowest BCUT2D eigenvalue weighted by Crippen LogP contribution is -2.42. The molecule has 4 heterocycles. The Labute approximate surface area is 163 Å². The molecule has 28 heavy (non-hydrogen) atoms. The van der Waals surface area contributed by atoms with Gasteiger partial charge in [0, 0.05) is 49.9 Å². The van der Waals surface area contributed by atoms with Crippen molar-refractivity contribution in [3.63, 3.8) is 0 Å². The Balaban J connectivity index is 1.46. The number of hydrogen-bond donors (Lipinski definition) is 0. The molecule has 0 radical (unpaired) electrons. The molecule has 1 saturated heterocycles. The van der Waals surface area contributed by atoms with Crippen LogP contribution in [0.1, 0.15) is 30.3 Å². The summed E-state index contributed by atoms with van der Waals surface area (Å²) in [5.41, 5.74) is 0.823. The molecule has 1 amide bonds. The maximum atomic E-state index is 12.7. The Hall–Kier alpha value is -3.22. The van der Waals surface area contributed by atoms with E-state index in [1.54, 1.807) is 24.5 Å². The second kappa shape index (κ2) is 8.21. The number of likely N-dealkylation sites (tertiary alicyclic amines) is 1. The number of aromatic nitrogens is 4. The minimum absolute atomic E-state index is 0.0270. The van der Waals surface area contributed by atoms with Crippen LogP contribution in [0, 0.1) is 0 Å². The molecule has 1 aliphatic rings. The Kier molecular flexibility index (Phi) is 5.32. The highest BCUT2D eigenvalue weighted by molar-refractivity contribution is 5.76. The molecule has 0 aromatic carbocycles. The van der Waals surface area contributed by atoms with E-state index in [4.69, 9.17) is 0 Å². The Bertz CT molecular complexity index is 995. The quantitative estimate of drug-likeness (QED) is 0.681. The van der Waals surface area contributed by atoms with E-state index >= 15 is 0 Å². The van der Waals surface area contributed by atoms with Crippen LogP contribution >= 0.6 is 0 Å². The molecule has 7 heteroatoms. The van der Waals surface area contributed by atoms with Crippen LogP contribution in [0.25, 0.3) is 0 Å². The van der Waals surface area contributed by atoms with Crippen molar-refractivity contribution in [3.05, 3.63) is 83.1 Å². The van der Waals surface area contributed by atoms with Crippen molar-refractivity contribution >= 4 is 5.91 Å². The standard InChI is InChI=1S/C21H23N5O2/c27-19-8-2-4-11-25(19)16-20(28)24-12-5-6-17(14-24)21-23-10-13-26(21)15-18-7-1-3-9-22-18/h1-4,7-11,13,17H,5-6,12,14-16H2/t17-/m1/s1. The van der Waals surface area contributed by atoms with E-state index in [1.165, 1.54) is 10.6 Å². The van der Waals surface area contributed by atoms with Gasteiger partial charge in [-0.25, -0.2) is 4.98 Å². The molecule has 0 aliphatic carbocycles. The first-order valence-electron chi connectivity index (χ1n) is 9.55. The molecule has 3 aromatic heterocycles. The van der Waals surface area contributed by atoms with Crippen LogP contribution in [0.4, 0.5) is 0 Å². The number of rotatable bonds is 5. The van der Waals surface area contributed by atoms with E-state index in [2.05, 4.69) is 14.5 Å². The fraction of sp³-hybridized carbons (Fsp3) is 0.333. The average molecular weight is 377 g/mol. The SMILES string of the molecule is O=C(Cn1ccccc1=O)N1CCC[C@@H](c2nccn2Cc2ccccn2)C1. The number of piperidine rings is 1. The van der Waals surface area contributed by atoms with Gasteiger partial charge in [-0.15, -0.1) is 0 Å². The van der Waals surface area contributed by atoms with Crippen molar-refractivity contribution in [2.24, 2.45) is 0 Å². The van der Waals surface area contributed by atoms with Gasteiger partial charge in [-0.05, 0) is 31.0 Å². The maximum Gasteiger partial charge on any atom is 0.250 e. The molecular weight excluding hydrogens is 354 g/mol. The third kappa shape index (κ3) is 4.03. The molecule has 4 rings (SSSR count). The predicted octanol–water partition coefficient (Wildman–Crippen LogP) is 1.89. The molecule has 0 unspecified atom stereocenters. The third-order valence-electron chi connectivity index (χ3n) is 5.15. The van der Waals surface area contributed by atoms with Gasteiger partial charge in [0.05, 0.1) is 12.2 Å². The summed E-state index contributed by atoms with van der Waals surface area (Å²) in [4.78, 5) is 35.4. The van der Waals surface area contributed by atoms with Crippen molar-refractivity contribution < 1.29 is 4.79 Å². The van der Waals surface area contributed by atoms with Crippen LogP contribution in [0.3, 0.4) is 0 Å². The zero-order valence-corrected chi connectivity index (χ0v) is 15.6. The second-order valence-corrected chi connectivity index (χ2v) is 7.08. The summed E-state index contributed by atoms with van der Waals surface area (Å²) < 4.78 is 3.57. The van der Waals surface area contributed by atoms with Gasteiger partial charge in [0.15, 0.2) is 0 Å². The molecule has 3 aromatic rings. The Morgan fingerprint density at radius 1 is 1.04 bits per heavy atom. The number of nitrogens with zero attached hydrogens (tertiary/aromatic N) is 5. The van der Waals surface area contributed by atoms with E-state index in [9.17, 15) is 9.59 Å². The lowest BCUT2D eigenvalue weighted by Gasteiger charge is -2.33. The minimum Gasteiger partial charge on any atom is -0.340 e. The minimum atomic E-state index is -0.157. The molecule has 7 nitrogen and oxygen atoms in total. The van der Waals surface area contributed by atoms with E-state index < -0.39 is 0 Å². The highest BCUT2D eigenvalue weighted by Gasteiger charge is 2.27. The average Bonchev–Trinajstić information content (AvgIpc) is 3.19. The van der Waals surface area contributed by atoms with Crippen molar-refractivity contribution in [3.8, 4) is 0 Å². The molecule has 0 saturated carbocycles. The van der Waals surface area contributed by atoms with Gasteiger partial charge in [0.25, 0.3) is 5.56 Å². The van der Waals surface area contributed by atoms with Gasteiger partial charge in [-0.1, -0.05) is 12.1 Å². The zero-order valence-electron chi connectivity index (χ0n) is 15.6. The first kappa shape index (κ1) is 18.2. The third-order valence-corrected chi connectivity index (χ3v) is 5.15. The topological polar surface area (TPSA) is 73.0 Å². The first-order chi connectivity index (χ1) is 13.7. The van der Waals surface area contributed by atoms with Gasteiger partial charge in [-0.3, -0.25) is 14.6 Å². The van der Waals surface area contributed by atoms with Crippen LogP contribution in [0.5, 0.6) is 0 Å². The van der Waals surface area contributed by atoms with Crippen LogP contribution in [0.15, 0.2) is 66.0 Å². The van der Waals surface area contributed by atoms with Crippen LogP contribution in [0.2, 0.25) is 0 Å². The molecule has 1 atom stereocenters. The number of imidazole rings is 1. The van der Waals surface area contributed by atoms with Gasteiger partial charge in [0.1, 0.15) is 12.4 Å². The normalized spacial score (nSPS) is 16.9. The largest absolute Gasteiger partial charge is 0.340 e. The molecule has 1 fully saturated rings. The summed E-state index contributed by atoms with van der Waals surface area (Å²) in [7, 11) is 0. The Morgan fingerprint density at radius 3 is 2.75 bits per heavy atom.